The lowest BCUT2D eigenvalue weighted by Gasteiger charge is -2.05. The summed E-state index contributed by atoms with van der Waals surface area (Å²) in [7, 11) is 0. The molecule has 1 nitrogen and oxygen atoms in total. The Morgan fingerprint density at radius 3 is 2.47 bits per heavy atom. The van der Waals surface area contributed by atoms with E-state index in [9.17, 15) is 9.18 Å². The third-order valence-corrected chi connectivity index (χ3v) is 4.61. The molecule has 98 valence electrons. The molecule has 5 heteroatoms. The number of ketones is 1. The summed E-state index contributed by atoms with van der Waals surface area (Å²) >= 11 is 12.5. The van der Waals surface area contributed by atoms with E-state index in [0.717, 1.165) is 4.47 Å². The molecule has 0 N–H and O–H groups in total. The van der Waals surface area contributed by atoms with Crippen molar-refractivity contribution in [3.8, 4) is 0 Å². The Hall–Kier alpha value is -0.710. The molecule has 0 aromatic heterocycles. The van der Waals surface area contributed by atoms with Crippen LogP contribution in [-0.2, 0) is 6.42 Å². The zero-order valence-corrected chi connectivity index (χ0v) is 13.5. The van der Waals surface area contributed by atoms with Gasteiger partial charge in [0, 0.05) is 20.9 Å². The number of hydrogen-bond acceptors (Lipinski definition) is 1. The van der Waals surface area contributed by atoms with E-state index in [0.29, 0.717) is 20.6 Å². The van der Waals surface area contributed by atoms with Crippen molar-refractivity contribution in [1.82, 2.24) is 0 Å². The summed E-state index contributed by atoms with van der Waals surface area (Å²) in [5.41, 5.74) is 1.12. The molecule has 0 radical (unpaired) electrons. The first kappa shape index (κ1) is 14.7. The highest BCUT2D eigenvalue weighted by molar-refractivity contribution is 9.10. The van der Waals surface area contributed by atoms with E-state index in [4.69, 9.17) is 11.6 Å². The van der Waals surface area contributed by atoms with E-state index in [2.05, 4.69) is 31.9 Å². The molecule has 0 amide bonds. The lowest BCUT2D eigenvalue weighted by molar-refractivity contribution is 0.0993. The number of carbonyl (C=O) groups is 1. The molecule has 0 aliphatic rings. The summed E-state index contributed by atoms with van der Waals surface area (Å²) in [5.74, 6) is -0.472. The maximum absolute atomic E-state index is 13.2. The summed E-state index contributed by atoms with van der Waals surface area (Å²) in [6.45, 7) is 0. The predicted octanol–water partition coefficient (Wildman–Crippen LogP) is 5.43. The van der Waals surface area contributed by atoms with Crippen LogP contribution in [0, 0.1) is 5.82 Å². The van der Waals surface area contributed by atoms with E-state index in [1.807, 2.05) is 0 Å². The molecule has 19 heavy (non-hydrogen) atoms. The minimum absolute atomic E-state index is 0.110. The van der Waals surface area contributed by atoms with E-state index in [-0.39, 0.29) is 18.0 Å². The number of hydrogen-bond donors (Lipinski definition) is 0. The predicted molar refractivity (Wildman–Crippen MR) is 81.3 cm³/mol. The fourth-order valence-corrected chi connectivity index (χ4v) is 2.44. The van der Waals surface area contributed by atoms with Gasteiger partial charge in [-0.2, -0.15) is 0 Å². The zero-order chi connectivity index (χ0) is 14.0. The van der Waals surface area contributed by atoms with Crippen molar-refractivity contribution in [3.63, 3.8) is 0 Å². The highest BCUT2D eigenvalue weighted by Crippen LogP contribution is 2.25. The van der Waals surface area contributed by atoms with Crippen LogP contribution in [0.25, 0.3) is 0 Å². The van der Waals surface area contributed by atoms with Gasteiger partial charge in [-0.15, -0.1) is 0 Å². The van der Waals surface area contributed by atoms with Gasteiger partial charge < -0.3 is 0 Å². The highest BCUT2D eigenvalue weighted by Gasteiger charge is 2.11. The van der Waals surface area contributed by atoms with Crippen molar-refractivity contribution < 1.29 is 9.18 Å². The molecule has 0 atom stereocenters. The third-order valence-electron chi connectivity index (χ3n) is 2.60. The van der Waals surface area contributed by atoms with Gasteiger partial charge in [0.25, 0.3) is 0 Å². The Labute approximate surface area is 132 Å². The van der Waals surface area contributed by atoms with Gasteiger partial charge in [-0.1, -0.05) is 33.6 Å². The SMILES string of the molecule is O=C(Cc1cc(F)ccc1Br)c1ccc(Br)c(Cl)c1. The van der Waals surface area contributed by atoms with Crippen LogP contribution in [0.4, 0.5) is 4.39 Å². The van der Waals surface area contributed by atoms with Crippen LogP contribution in [0.5, 0.6) is 0 Å². The summed E-state index contributed by atoms with van der Waals surface area (Å²) < 4.78 is 14.6. The van der Waals surface area contributed by atoms with Crippen LogP contribution < -0.4 is 0 Å². The summed E-state index contributed by atoms with van der Waals surface area (Å²) in [4.78, 5) is 12.1. The van der Waals surface area contributed by atoms with Gasteiger partial charge in [-0.05, 0) is 51.8 Å². The molecule has 0 bridgehead atoms. The van der Waals surface area contributed by atoms with Crippen molar-refractivity contribution in [1.29, 1.82) is 0 Å². The Kier molecular flexibility index (Phi) is 4.76. The van der Waals surface area contributed by atoms with Crippen LogP contribution >= 0.6 is 43.5 Å². The normalized spacial score (nSPS) is 10.5. The first-order valence-corrected chi connectivity index (χ1v) is 7.36. The van der Waals surface area contributed by atoms with Gasteiger partial charge in [0.05, 0.1) is 5.02 Å². The summed E-state index contributed by atoms with van der Waals surface area (Å²) in [5, 5.41) is 0.476. The number of carbonyl (C=O) groups excluding carboxylic acids is 1. The molecule has 0 saturated heterocycles. The average molecular weight is 406 g/mol. The van der Waals surface area contributed by atoms with Crippen molar-refractivity contribution in [2.45, 2.75) is 6.42 Å². The second-order valence-corrected chi connectivity index (χ2v) is 6.08. The van der Waals surface area contributed by atoms with Gasteiger partial charge in [0.15, 0.2) is 5.78 Å². The first-order chi connectivity index (χ1) is 8.97. The van der Waals surface area contributed by atoms with Gasteiger partial charge in [0.1, 0.15) is 5.82 Å². The maximum Gasteiger partial charge on any atom is 0.167 e. The van der Waals surface area contributed by atoms with E-state index >= 15 is 0 Å². The molecule has 2 rings (SSSR count). The first-order valence-electron chi connectivity index (χ1n) is 5.39. The fourth-order valence-electron chi connectivity index (χ4n) is 1.62. The number of rotatable bonds is 3. The van der Waals surface area contributed by atoms with Gasteiger partial charge in [-0.25, -0.2) is 4.39 Å². The molecule has 2 aromatic rings. The van der Waals surface area contributed by atoms with E-state index in [1.54, 1.807) is 24.3 Å². The Morgan fingerprint density at radius 2 is 1.79 bits per heavy atom. The molecule has 0 aliphatic heterocycles. The Morgan fingerprint density at radius 1 is 1.11 bits per heavy atom. The molecule has 0 spiro atoms. The maximum atomic E-state index is 13.2. The minimum Gasteiger partial charge on any atom is -0.294 e. The van der Waals surface area contributed by atoms with E-state index in [1.165, 1.54) is 12.1 Å². The van der Waals surface area contributed by atoms with Crippen molar-refractivity contribution in [2.24, 2.45) is 0 Å². The lowest BCUT2D eigenvalue weighted by atomic mass is 10.0. The third kappa shape index (κ3) is 3.65. The topological polar surface area (TPSA) is 17.1 Å². The molecule has 0 fully saturated rings. The number of benzene rings is 2. The molecule has 0 heterocycles. The lowest BCUT2D eigenvalue weighted by Crippen LogP contribution is -2.04. The van der Waals surface area contributed by atoms with Crippen molar-refractivity contribution in [2.75, 3.05) is 0 Å². The number of Topliss-reactive ketones (excluding diaryl/α,β-unsaturated/α-hetero) is 1. The molecule has 2 aromatic carbocycles. The largest absolute Gasteiger partial charge is 0.294 e. The molecule has 0 saturated carbocycles. The number of halogens is 4. The van der Waals surface area contributed by atoms with Crippen LogP contribution in [-0.4, -0.2) is 5.78 Å². The van der Waals surface area contributed by atoms with Crippen LogP contribution in [0.3, 0.4) is 0 Å². The molecular weight excluding hydrogens is 398 g/mol. The smallest absolute Gasteiger partial charge is 0.167 e. The second kappa shape index (κ2) is 6.16. The highest BCUT2D eigenvalue weighted by atomic mass is 79.9. The minimum atomic E-state index is -0.361. The average Bonchev–Trinajstić information content (AvgIpc) is 2.37. The molecular formula is C14H8Br2ClFO. The fraction of sp³-hybridized carbons (Fsp3) is 0.0714. The van der Waals surface area contributed by atoms with Gasteiger partial charge in [-0.3, -0.25) is 4.79 Å². The van der Waals surface area contributed by atoms with Crippen LogP contribution in [0.15, 0.2) is 45.3 Å². The second-order valence-electron chi connectivity index (χ2n) is 3.96. The standard InChI is InChI=1S/C14H8Br2ClFO/c15-11-4-2-10(18)5-9(11)7-14(19)8-1-3-12(16)13(17)6-8/h1-6H,7H2. The quantitative estimate of drug-likeness (QED) is 0.621. The molecule has 0 unspecified atom stereocenters. The monoisotopic (exact) mass is 404 g/mol. The zero-order valence-electron chi connectivity index (χ0n) is 9.59. The Balaban J connectivity index is 2.25. The summed E-state index contributed by atoms with van der Waals surface area (Å²) in [6.07, 6.45) is 0.121. The van der Waals surface area contributed by atoms with Crippen LogP contribution in [0.2, 0.25) is 5.02 Å². The van der Waals surface area contributed by atoms with Gasteiger partial charge in [0.2, 0.25) is 0 Å². The van der Waals surface area contributed by atoms with Crippen LogP contribution in [0.1, 0.15) is 15.9 Å². The van der Waals surface area contributed by atoms with E-state index < -0.39 is 0 Å². The molecule has 0 aliphatic carbocycles. The Bertz CT molecular complexity index is 643. The van der Waals surface area contributed by atoms with Crippen molar-refractivity contribution in [3.05, 3.63) is 67.3 Å². The van der Waals surface area contributed by atoms with Gasteiger partial charge >= 0.3 is 0 Å². The van der Waals surface area contributed by atoms with Crippen molar-refractivity contribution >= 4 is 49.2 Å². The summed E-state index contributed by atoms with van der Waals surface area (Å²) in [6, 6.07) is 9.28.